The number of ether oxygens (including phenoxy) is 2. The van der Waals surface area contributed by atoms with Gasteiger partial charge >= 0.3 is 11.9 Å². The summed E-state index contributed by atoms with van der Waals surface area (Å²) in [4.78, 5) is 23.6. The van der Waals surface area contributed by atoms with Gasteiger partial charge in [-0.3, -0.25) is 4.79 Å². The third-order valence-corrected chi connectivity index (χ3v) is 7.66. The van der Waals surface area contributed by atoms with Gasteiger partial charge in [-0.05, 0) is 55.8 Å². The molecule has 4 nitrogen and oxygen atoms in total. The number of cyclic esters (lactones) is 2. The Hall–Kier alpha value is -1.32. The summed E-state index contributed by atoms with van der Waals surface area (Å²) in [6.07, 6.45) is 9.26. The largest absolute Gasteiger partial charge is 0.465 e. The molecule has 0 unspecified atom stereocenters. The SMILES string of the molecule is C[C@@H]1CC[C@@]23COC(=O)C2=CCC[C@H]3[C@@]1(C)CC[C@H]1COC(=O)C1. The molecule has 0 aromatic rings. The molecular weight excluding hydrogens is 304 g/mol. The molecule has 4 heteroatoms. The predicted octanol–water partition coefficient (Wildman–Crippen LogP) is 3.65. The first kappa shape index (κ1) is 16.2. The van der Waals surface area contributed by atoms with Crippen LogP contribution < -0.4 is 0 Å². The summed E-state index contributed by atoms with van der Waals surface area (Å²) < 4.78 is 10.6. The lowest BCUT2D eigenvalue weighted by atomic mass is 9.46. The standard InChI is InChI=1S/C20H28O4/c1-13-6-9-20-12-24-18(22)15(20)4-3-5-16(20)19(13,2)8-7-14-10-17(21)23-11-14/h4,13-14,16H,3,5-12H2,1-2H3/t13-,14-,16+,19+,20-/m1/s1. The van der Waals surface area contributed by atoms with Crippen LogP contribution in [0.5, 0.6) is 0 Å². The third-order valence-electron chi connectivity index (χ3n) is 7.66. The molecule has 1 spiro atoms. The van der Waals surface area contributed by atoms with Crippen molar-refractivity contribution in [1.29, 1.82) is 0 Å². The minimum atomic E-state index is -0.0774. The third kappa shape index (κ3) is 2.25. The molecule has 132 valence electrons. The fourth-order valence-corrected chi connectivity index (χ4v) is 5.97. The van der Waals surface area contributed by atoms with Gasteiger partial charge in [0, 0.05) is 16.9 Å². The molecule has 2 heterocycles. The van der Waals surface area contributed by atoms with Crippen molar-refractivity contribution in [3.05, 3.63) is 11.6 Å². The quantitative estimate of drug-likeness (QED) is 0.740. The van der Waals surface area contributed by atoms with Crippen LogP contribution in [0.25, 0.3) is 0 Å². The van der Waals surface area contributed by atoms with Gasteiger partial charge in [0.05, 0.1) is 13.0 Å². The van der Waals surface area contributed by atoms with E-state index in [0.29, 0.717) is 37.4 Å². The summed E-state index contributed by atoms with van der Waals surface area (Å²) >= 11 is 0. The molecule has 3 fully saturated rings. The van der Waals surface area contributed by atoms with Crippen LogP contribution in [0.1, 0.15) is 58.8 Å². The van der Waals surface area contributed by atoms with Crippen LogP contribution in [-0.2, 0) is 19.1 Å². The van der Waals surface area contributed by atoms with Crippen LogP contribution in [0.3, 0.4) is 0 Å². The second kappa shape index (κ2) is 5.60. The molecule has 4 rings (SSSR count). The van der Waals surface area contributed by atoms with Crippen LogP contribution >= 0.6 is 0 Å². The highest BCUT2D eigenvalue weighted by Crippen LogP contribution is 2.64. The number of allylic oxidation sites excluding steroid dienone is 1. The van der Waals surface area contributed by atoms with Crippen molar-refractivity contribution in [1.82, 2.24) is 0 Å². The highest BCUT2D eigenvalue weighted by atomic mass is 16.5. The van der Waals surface area contributed by atoms with E-state index < -0.39 is 0 Å². The summed E-state index contributed by atoms with van der Waals surface area (Å²) in [5, 5.41) is 0. The van der Waals surface area contributed by atoms with Gasteiger partial charge in [0.25, 0.3) is 0 Å². The lowest BCUT2D eigenvalue weighted by Crippen LogP contribution is -2.51. The maximum absolute atomic E-state index is 12.2. The molecule has 0 aromatic carbocycles. The Morgan fingerprint density at radius 1 is 1.25 bits per heavy atom. The molecule has 0 amide bonds. The highest BCUT2D eigenvalue weighted by molar-refractivity contribution is 5.92. The van der Waals surface area contributed by atoms with E-state index in [2.05, 4.69) is 19.9 Å². The van der Waals surface area contributed by atoms with E-state index in [-0.39, 0.29) is 22.8 Å². The van der Waals surface area contributed by atoms with Gasteiger partial charge in [-0.15, -0.1) is 0 Å². The first-order valence-electron chi connectivity index (χ1n) is 9.49. The van der Waals surface area contributed by atoms with Gasteiger partial charge in [-0.25, -0.2) is 4.79 Å². The fourth-order valence-electron chi connectivity index (χ4n) is 5.97. The average Bonchev–Trinajstić information content (AvgIpc) is 3.13. The molecule has 2 aliphatic heterocycles. The molecule has 2 aliphatic carbocycles. The smallest absolute Gasteiger partial charge is 0.334 e. The zero-order valence-corrected chi connectivity index (χ0v) is 14.8. The minimum absolute atomic E-state index is 0.0431. The number of rotatable bonds is 3. The Morgan fingerprint density at radius 3 is 2.83 bits per heavy atom. The summed E-state index contributed by atoms with van der Waals surface area (Å²) in [6.45, 7) is 5.97. The molecule has 2 saturated heterocycles. The van der Waals surface area contributed by atoms with Crippen LogP contribution in [0, 0.1) is 28.6 Å². The van der Waals surface area contributed by atoms with E-state index in [0.717, 1.165) is 44.1 Å². The van der Waals surface area contributed by atoms with E-state index in [1.807, 2.05) is 0 Å². The number of hydrogen-bond acceptors (Lipinski definition) is 4. The van der Waals surface area contributed by atoms with Gasteiger partial charge in [0.1, 0.15) is 6.61 Å². The molecular formula is C20H28O4. The van der Waals surface area contributed by atoms with E-state index in [4.69, 9.17) is 9.47 Å². The Kier molecular flexibility index (Phi) is 3.77. The van der Waals surface area contributed by atoms with Crippen molar-refractivity contribution in [3.63, 3.8) is 0 Å². The molecule has 0 N–H and O–H groups in total. The zero-order chi connectivity index (χ0) is 16.9. The minimum Gasteiger partial charge on any atom is -0.465 e. The van der Waals surface area contributed by atoms with E-state index in [1.54, 1.807) is 0 Å². The number of carbonyl (C=O) groups excluding carboxylic acids is 2. The first-order valence-corrected chi connectivity index (χ1v) is 9.49. The Labute approximate surface area is 144 Å². The van der Waals surface area contributed by atoms with Gasteiger partial charge in [0.2, 0.25) is 0 Å². The van der Waals surface area contributed by atoms with Crippen molar-refractivity contribution in [2.24, 2.45) is 28.6 Å². The van der Waals surface area contributed by atoms with Gasteiger partial charge in [0.15, 0.2) is 0 Å². The topological polar surface area (TPSA) is 52.6 Å². The molecule has 0 aromatic heterocycles. The van der Waals surface area contributed by atoms with E-state index >= 15 is 0 Å². The van der Waals surface area contributed by atoms with Crippen LogP contribution in [0.2, 0.25) is 0 Å². The van der Waals surface area contributed by atoms with Gasteiger partial charge in [-0.2, -0.15) is 0 Å². The van der Waals surface area contributed by atoms with E-state index in [1.165, 1.54) is 0 Å². The normalized spacial score (nSPS) is 44.4. The lowest BCUT2D eigenvalue weighted by molar-refractivity contribution is -0.138. The summed E-state index contributed by atoms with van der Waals surface area (Å²) in [6, 6.07) is 0. The maximum Gasteiger partial charge on any atom is 0.334 e. The summed E-state index contributed by atoms with van der Waals surface area (Å²) in [7, 11) is 0. The van der Waals surface area contributed by atoms with Crippen molar-refractivity contribution < 1.29 is 19.1 Å². The van der Waals surface area contributed by atoms with Crippen LogP contribution in [0.15, 0.2) is 11.6 Å². The van der Waals surface area contributed by atoms with Crippen molar-refractivity contribution >= 4 is 11.9 Å². The van der Waals surface area contributed by atoms with Crippen molar-refractivity contribution in [2.45, 2.75) is 58.8 Å². The monoisotopic (exact) mass is 332 g/mol. The fraction of sp³-hybridized carbons (Fsp3) is 0.800. The highest BCUT2D eigenvalue weighted by Gasteiger charge is 2.60. The summed E-state index contributed by atoms with van der Waals surface area (Å²) in [5.74, 6) is 1.40. The first-order chi connectivity index (χ1) is 11.5. The van der Waals surface area contributed by atoms with Crippen molar-refractivity contribution in [2.75, 3.05) is 13.2 Å². The van der Waals surface area contributed by atoms with Crippen molar-refractivity contribution in [3.8, 4) is 0 Å². The molecule has 1 saturated carbocycles. The second-order valence-electron chi connectivity index (χ2n) is 8.72. The van der Waals surface area contributed by atoms with Gasteiger partial charge in [-0.1, -0.05) is 19.9 Å². The number of esters is 2. The number of carbonyl (C=O) groups is 2. The maximum atomic E-state index is 12.2. The molecule has 0 bridgehead atoms. The Bertz CT molecular complexity index is 594. The van der Waals surface area contributed by atoms with Crippen LogP contribution in [-0.4, -0.2) is 25.2 Å². The van der Waals surface area contributed by atoms with E-state index in [9.17, 15) is 9.59 Å². The van der Waals surface area contributed by atoms with Crippen LogP contribution in [0.4, 0.5) is 0 Å². The lowest BCUT2D eigenvalue weighted by Gasteiger charge is -2.56. The molecule has 0 radical (unpaired) electrons. The molecule has 4 aliphatic rings. The second-order valence-corrected chi connectivity index (χ2v) is 8.72. The Morgan fingerprint density at radius 2 is 2.08 bits per heavy atom. The molecule has 24 heavy (non-hydrogen) atoms. The Balaban J connectivity index is 1.58. The number of hydrogen-bond donors (Lipinski definition) is 0. The zero-order valence-electron chi connectivity index (χ0n) is 14.8. The van der Waals surface area contributed by atoms with Gasteiger partial charge < -0.3 is 9.47 Å². The summed E-state index contributed by atoms with van der Waals surface area (Å²) in [5.41, 5.74) is 1.13. The predicted molar refractivity (Wildman–Crippen MR) is 89.0 cm³/mol. The molecule has 5 atom stereocenters. The average molecular weight is 332 g/mol.